The van der Waals surface area contributed by atoms with E-state index in [0.717, 1.165) is 38.5 Å². The third-order valence-electron chi connectivity index (χ3n) is 4.23. The lowest BCUT2D eigenvalue weighted by molar-refractivity contribution is -0.329. The van der Waals surface area contributed by atoms with Crippen LogP contribution in [0.3, 0.4) is 0 Å². The van der Waals surface area contributed by atoms with Crippen molar-refractivity contribution in [3.05, 3.63) is 0 Å². The maximum Gasteiger partial charge on any atom is 0.246 e. The minimum Gasteiger partial charge on any atom is -0.370 e. The predicted molar refractivity (Wildman–Crippen MR) is 92.7 cm³/mol. The van der Waals surface area contributed by atoms with Crippen molar-refractivity contribution < 1.29 is 23.7 Å². The third kappa shape index (κ3) is 6.67. The lowest BCUT2D eigenvalue weighted by Gasteiger charge is -2.45. The van der Waals surface area contributed by atoms with Crippen molar-refractivity contribution in [3.63, 3.8) is 0 Å². The second-order valence-corrected chi connectivity index (χ2v) is 6.36. The van der Waals surface area contributed by atoms with Crippen LogP contribution in [0.4, 0.5) is 0 Å². The molecular weight excluding hydrogens is 310 g/mol. The molecule has 1 rings (SSSR count). The molecule has 0 saturated carbocycles. The van der Waals surface area contributed by atoms with Crippen LogP contribution in [-0.2, 0) is 23.7 Å². The van der Waals surface area contributed by atoms with Gasteiger partial charge >= 0.3 is 0 Å². The molecule has 0 aromatic rings. The number of hydrogen-bond acceptors (Lipinski definition) is 5. The molecule has 0 radical (unpaired) electrons. The molecule has 6 nitrogen and oxygen atoms in total. The van der Waals surface area contributed by atoms with Crippen molar-refractivity contribution >= 4 is 5.91 Å². The largest absolute Gasteiger partial charge is 0.370 e. The summed E-state index contributed by atoms with van der Waals surface area (Å²) in [6.07, 6.45) is 5.20. The van der Waals surface area contributed by atoms with Crippen molar-refractivity contribution in [1.82, 2.24) is 0 Å². The predicted octanol–water partition coefficient (Wildman–Crippen LogP) is 2.78. The molecule has 1 aliphatic heterocycles. The molecule has 0 aromatic carbocycles. The van der Waals surface area contributed by atoms with E-state index < -0.39 is 17.8 Å². The number of carbonyl (C=O) groups excluding carboxylic acids is 1. The van der Waals surface area contributed by atoms with Crippen LogP contribution in [0.1, 0.15) is 65.7 Å². The molecule has 6 heteroatoms. The Kier molecular flexibility index (Phi) is 10.5. The van der Waals surface area contributed by atoms with E-state index in [4.69, 9.17) is 24.7 Å². The maximum absolute atomic E-state index is 11.6. The van der Waals surface area contributed by atoms with E-state index in [9.17, 15) is 4.79 Å². The Bertz CT molecular complexity index is 340. The third-order valence-corrected chi connectivity index (χ3v) is 4.23. The Labute approximate surface area is 146 Å². The molecule has 1 heterocycles. The highest BCUT2D eigenvalue weighted by Gasteiger charge is 2.49. The van der Waals surface area contributed by atoms with Crippen molar-refractivity contribution in [2.24, 2.45) is 5.73 Å². The van der Waals surface area contributed by atoms with E-state index in [-0.39, 0.29) is 19.1 Å². The second kappa shape index (κ2) is 11.8. The zero-order chi connectivity index (χ0) is 17.8. The zero-order valence-corrected chi connectivity index (χ0v) is 15.6. The first kappa shape index (κ1) is 21.4. The number of primary amides is 1. The summed E-state index contributed by atoms with van der Waals surface area (Å²) in [7, 11) is 0. The molecule has 0 bridgehead atoms. The molecule has 2 N–H and O–H groups in total. The van der Waals surface area contributed by atoms with Crippen molar-refractivity contribution in [2.45, 2.75) is 83.7 Å². The quantitative estimate of drug-likeness (QED) is 0.410. The van der Waals surface area contributed by atoms with Gasteiger partial charge < -0.3 is 24.7 Å². The van der Waals surface area contributed by atoms with Gasteiger partial charge in [0.2, 0.25) is 5.91 Å². The minimum absolute atomic E-state index is 0.259. The summed E-state index contributed by atoms with van der Waals surface area (Å²) in [5.41, 5.74) is 5.45. The van der Waals surface area contributed by atoms with Gasteiger partial charge in [-0.15, -0.1) is 0 Å². The smallest absolute Gasteiger partial charge is 0.246 e. The van der Waals surface area contributed by atoms with Gasteiger partial charge in [-0.25, -0.2) is 0 Å². The second-order valence-electron chi connectivity index (χ2n) is 6.36. The van der Waals surface area contributed by atoms with Crippen LogP contribution in [0.2, 0.25) is 0 Å². The Morgan fingerprint density at radius 1 is 1.04 bits per heavy atom. The Balaban J connectivity index is 2.86. The number of nitrogens with two attached hydrogens (primary N) is 1. The Morgan fingerprint density at radius 2 is 1.58 bits per heavy atom. The highest BCUT2D eigenvalue weighted by Crippen LogP contribution is 2.33. The van der Waals surface area contributed by atoms with Gasteiger partial charge in [0.1, 0.15) is 12.2 Å². The van der Waals surface area contributed by atoms with E-state index in [0.29, 0.717) is 19.8 Å². The topological polar surface area (TPSA) is 80.0 Å². The summed E-state index contributed by atoms with van der Waals surface area (Å²) in [5, 5.41) is 0. The van der Waals surface area contributed by atoms with Crippen LogP contribution in [-0.4, -0.2) is 50.3 Å². The van der Waals surface area contributed by atoms with E-state index >= 15 is 0 Å². The lowest BCUT2D eigenvalue weighted by atomic mass is 9.98. The van der Waals surface area contributed by atoms with Gasteiger partial charge in [0, 0.05) is 13.0 Å². The SMILES string of the molecule is CCCCOC1COC(C(N)=O)CC1(OCCCC)OCCCC. The summed E-state index contributed by atoms with van der Waals surface area (Å²) in [4.78, 5) is 11.6. The van der Waals surface area contributed by atoms with E-state index in [1.807, 2.05) is 0 Å². The monoisotopic (exact) mass is 345 g/mol. The molecule has 24 heavy (non-hydrogen) atoms. The molecule has 1 amide bonds. The van der Waals surface area contributed by atoms with Crippen LogP contribution in [0.15, 0.2) is 0 Å². The van der Waals surface area contributed by atoms with Crippen LogP contribution in [0.5, 0.6) is 0 Å². The first-order chi connectivity index (χ1) is 11.6. The van der Waals surface area contributed by atoms with Gasteiger partial charge in [0.25, 0.3) is 0 Å². The highest BCUT2D eigenvalue weighted by atomic mass is 16.7. The van der Waals surface area contributed by atoms with Gasteiger partial charge in [-0.1, -0.05) is 40.0 Å². The van der Waals surface area contributed by atoms with Crippen molar-refractivity contribution in [2.75, 3.05) is 26.4 Å². The van der Waals surface area contributed by atoms with Gasteiger partial charge in [-0.3, -0.25) is 4.79 Å². The normalized spacial score (nSPS) is 23.3. The number of carbonyl (C=O) groups is 1. The van der Waals surface area contributed by atoms with Crippen molar-refractivity contribution in [1.29, 1.82) is 0 Å². The molecule has 142 valence electrons. The first-order valence-electron chi connectivity index (χ1n) is 9.40. The minimum atomic E-state index is -0.948. The fourth-order valence-corrected chi connectivity index (χ4v) is 2.63. The lowest BCUT2D eigenvalue weighted by Crippen LogP contribution is -2.59. The standard InChI is InChI=1S/C18H35NO5/c1-4-7-10-21-16-14-22-15(17(19)20)13-18(16,23-11-8-5-2)24-12-9-6-3/h15-16H,4-14H2,1-3H3,(H2,19,20). The van der Waals surface area contributed by atoms with E-state index in [2.05, 4.69) is 20.8 Å². The van der Waals surface area contributed by atoms with Crippen LogP contribution >= 0.6 is 0 Å². The fourth-order valence-electron chi connectivity index (χ4n) is 2.63. The van der Waals surface area contributed by atoms with Crippen LogP contribution < -0.4 is 5.73 Å². The highest BCUT2D eigenvalue weighted by molar-refractivity contribution is 5.79. The molecule has 1 fully saturated rings. The van der Waals surface area contributed by atoms with Gasteiger partial charge in [0.15, 0.2) is 5.79 Å². The summed E-state index contributed by atoms with van der Waals surface area (Å²) in [6, 6.07) is 0. The Morgan fingerprint density at radius 3 is 2.08 bits per heavy atom. The van der Waals surface area contributed by atoms with Gasteiger partial charge in [-0.05, 0) is 19.3 Å². The van der Waals surface area contributed by atoms with Gasteiger partial charge in [-0.2, -0.15) is 0 Å². The number of amides is 1. The summed E-state index contributed by atoms with van der Waals surface area (Å²) >= 11 is 0. The summed E-state index contributed by atoms with van der Waals surface area (Å²) in [6.45, 7) is 8.37. The van der Waals surface area contributed by atoms with E-state index in [1.54, 1.807) is 0 Å². The molecule has 2 atom stereocenters. The molecule has 0 aromatic heterocycles. The Hall–Kier alpha value is -0.690. The molecular formula is C18H35NO5. The maximum atomic E-state index is 11.6. The number of hydrogen-bond donors (Lipinski definition) is 1. The van der Waals surface area contributed by atoms with Crippen LogP contribution in [0.25, 0.3) is 0 Å². The number of ether oxygens (including phenoxy) is 4. The first-order valence-corrected chi connectivity index (χ1v) is 9.40. The number of rotatable bonds is 13. The molecule has 1 aliphatic rings. The number of unbranched alkanes of at least 4 members (excludes halogenated alkanes) is 3. The fraction of sp³-hybridized carbons (Fsp3) is 0.944. The molecule has 1 saturated heterocycles. The van der Waals surface area contributed by atoms with Crippen LogP contribution in [0, 0.1) is 0 Å². The van der Waals surface area contributed by atoms with Crippen molar-refractivity contribution in [3.8, 4) is 0 Å². The summed E-state index contributed by atoms with van der Waals surface area (Å²) in [5.74, 6) is -1.43. The zero-order valence-electron chi connectivity index (χ0n) is 15.6. The molecule has 0 aliphatic carbocycles. The molecule has 2 unspecified atom stereocenters. The van der Waals surface area contributed by atoms with Gasteiger partial charge in [0.05, 0.1) is 19.8 Å². The average Bonchev–Trinajstić information content (AvgIpc) is 2.57. The van der Waals surface area contributed by atoms with E-state index in [1.165, 1.54) is 0 Å². The average molecular weight is 345 g/mol. The molecule has 0 spiro atoms. The summed E-state index contributed by atoms with van der Waals surface area (Å²) < 4.78 is 23.9.